The number of carbonyl (C=O) groups excluding carboxylic acids is 1. The Hall–Kier alpha value is -0.480. The number of Topliss-reactive ketones (excluding diaryl/α,β-unsaturated/α-hetero) is 1. The minimum absolute atomic E-state index is 0.0116. The highest BCUT2D eigenvalue weighted by Gasteiger charge is 2.28. The van der Waals surface area contributed by atoms with E-state index in [4.69, 9.17) is 12.2 Å². The molecule has 0 aliphatic heterocycles. The maximum Gasteiger partial charge on any atom is 0.197 e. The molecular formula is C9H17NO2S. The van der Waals surface area contributed by atoms with Crippen LogP contribution < -0.4 is 0 Å². The molecule has 3 nitrogen and oxygen atoms in total. The average Bonchev–Trinajstić information content (AvgIpc) is 1.98. The summed E-state index contributed by atoms with van der Waals surface area (Å²) in [5.74, 6) is -0.210. The molecule has 0 aromatic rings. The first kappa shape index (κ1) is 12.5. The van der Waals surface area contributed by atoms with E-state index in [9.17, 15) is 10.0 Å². The maximum absolute atomic E-state index is 11.6. The monoisotopic (exact) mass is 203 g/mol. The van der Waals surface area contributed by atoms with E-state index in [0.717, 1.165) is 5.06 Å². The molecule has 0 atom stereocenters. The Labute approximate surface area is 84.7 Å². The van der Waals surface area contributed by atoms with Gasteiger partial charge in [0.25, 0.3) is 0 Å². The van der Waals surface area contributed by atoms with Gasteiger partial charge < -0.3 is 0 Å². The van der Waals surface area contributed by atoms with E-state index in [-0.39, 0.29) is 16.8 Å². The number of hydrogen-bond donors (Lipinski definition) is 1. The van der Waals surface area contributed by atoms with E-state index in [1.54, 1.807) is 34.6 Å². The van der Waals surface area contributed by atoms with Crippen molar-refractivity contribution in [2.24, 2.45) is 5.41 Å². The second kappa shape index (κ2) is 4.15. The summed E-state index contributed by atoms with van der Waals surface area (Å²) < 4.78 is 0. The third kappa shape index (κ3) is 3.40. The summed E-state index contributed by atoms with van der Waals surface area (Å²) in [5.41, 5.74) is -0.535. The lowest BCUT2D eigenvalue weighted by Crippen LogP contribution is -2.42. The highest BCUT2D eigenvalue weighted by Crippen LogP contribution is 2.17. The van der Waals surface area contributed by atoms with E-state index in [1.165, 1.54) is 0 Å². The van der Waals surface area contributed by atoms with Gasteiger partial charge in [-0.25, -0.2) is 5.06 Å². The Balaban J connectivity index is 4.54. The molecule has 0 fully saturated rings. The summed E-state index contributed by atoms with van der Waals surface area (Å²) in [7, 11) is 0. The second-order valence-corrected chi connectivity index (χ2v) is 4.71. The summed E-state index contributed by atoms with van der Waals surface area (Å²) in [6, 6.07) is -0.168. The van der Waals surface area contributed by atoms with Crippen LogP contribution in [-0.4, -0.2) is 27.1 Å². The van der Waals surface area contributed by atoms with Crippen LogP contribution in [0, 0.1) is 5.41 Å². The van der Waals surface area contributed by atoms with Crippen molar-refractivity contribution in [2.45, 2.75) is 40.7 Å². The van der Waals surface area contributed by atoms with Crippen LogP contribution in [0.4, 0.5) is 0 Å². The van der Waals surface area contributed by atoms with E-state index in [2.05, 4.69) is 0 Å². The molecule has 0 radical (unpaired) electrons. The van der Waals surface area contributed by atoms with E-state index in [1.807, 2.05) is 0 Å². The standard InChI is InChI=1S/C9H17NO2S/c1-6(2)10(12)8(13)7(11)9(3,4)5/h6,12H,1-5H3. The van der Waals surface area contributed by atoms with Gasteiger partial charge in [-0.1, -0.05) is 33.0 Å². The number of thiocarbonyl (C=S) groups is 1. The van der Waals surface area contributed by atoms with Crippen LogP contribution >= 0.6 is 12.2 Å². The SMILES string of the molecule is CC(C)N(O)C(=S)C(=O)C(C)(C)C. The van der Waals surface area contributed by atoms with Crippen LogP contribution in [0.25, 0.3) is 0 Å². The third-order valence-corrected chi connectivity index (χ3v) is 1.95. The lowest BCUT2D eigenvalue weighted by atomic mass is 9.90. The molecule has 1 N–H and O–H groups in total. The Morgan fingerprint density at radius 1 is 1.38 bits per heavy atom. The van der Waals surface area contributed by atoms with Crippen LogP contribution in [0.3, 0.4) is 0 Å². The zero-order valence-electron chi connectivity index (χ0n) is 8.79. The fraction of sp³-hybridized carbons (Fsp3) is 0.778. The van der Waals surface area contributed by atoms with Crippen molar-refractivity contribution in [2.75, 3.05) is 0 Å². The molecule has 76 valence electrons. The first-order chi connectivity index (χ1) is 5.68. The van der Waals surface area contributed by atoms with Crippen molar-refractivity contribution in [3.8, 4) is 0 Å². The summed E-state index contributed by atoms with van der Waals surface area (Å²) in [5, 5.41) is 10.2. The van der Waals surface area contributed by atoms with Crippen LogP contribution in [0.5, 0.6) is 0 Å². The van der Waals surface area contributed by atoms with Crippen molar-refractivity contribution < 1.29 is 10.0 Å². The molecule has 0 rings (SSSR count). The van der Waals surface area contributed by atoms with Gasteiger partial charge in [0.2, 0.25) is 0 Å². The maximum atomic E-state index is 11.6. The molecule has 0 aromatic carbocycles. The number of hydrogen-bond acceptors (Lipinski definition) is 3. The Bertz CT molecular complexity index is 218. The van der Waals surface area contributed by atoms with Gasteiger partial charge in [-0.05, 0) is 13.8 Å². The Morgan fingerprint density at radius 3 is 2.00 bits per heavy atom. The zero-order chi connectivity index (χ0) is 10.8. The first-order valence-corrected chi connectivity index (χ1v) is 4.65. The first-order valence-electron chi connectivity index (χ1n) is 4.24. The Morgan fingerprint density at radius 2 is 1.77 bits per heavy atom. The van der Waals surface area contributed by atoms with Crippen molar-refractivity contribution in [3.05, 3.63) is 0 Å². The van der Waals surface area contributed by atoms with Gasteiger partial charge in [0.15, 0.2) is 10.8 Å². The largest absolute Gasteiger partial charge is 0.291 e. The summed E-state index contributed by atoms with van der Waals surface area (Å²) in [4.78, 5) is 11.6. The predicted molar refractivity (Wildman–Crippen MR) is 55.8 cm³/mol. The molecule has 0 aliphatic carbocycles. The van der Waals surface area contributed by atoms with Gasteiger partial charge in [0.1, 0.15) is 0 Å². The summed E-state index contributed by atoms with van der Waals surface area (Å²) in [6.45, 7) is 8.85. The van der Waals surface area contributed by atoms with Crippen molar-refractivity contribution >= 4 is 23.0 Å². The lowest BCUT2D eigenvalue weighted by Gasteiger charge is -2.25. The summed E-state index contributed by atoms with van der Waals surface area (Å²) >= 11 is 4.85. The minimum atomic E-state index is -0.535. The predicted octanol–water partition coefficient (Wildman–Crippen LogP) is 2.03. The van der Waals surface area contributed by atoms with Gasteiger partial charge in [-0.15, -0.1) is 0 Å². The van der Waals surface area contributed by atoms with Gasteiger partial charge in [-0.3, -0.25) is 10.0 Å². The zero-order valence-corrected chi connectivity index (χ0v) is 9.60. The molecule has 4 heteroatoms. The topological polar surface area (TPSA) is 40.5 Å². The number of carbonyl (C=O) groups is 1. The lowest BCUT2D eigenvalue weighted by molar-refractivity contribution is -0.123. The molecule has 0 amide bonds. The van der Waals surface area contributed by atoms with Crippen LogP contribution in [0.1, 0.15) is 34.6 Å². The molecule has 0 saturated carbocycles. The van der Waals surface area contributed by atoms with Crippen LogP contribution in [-0.2, 0) is 4.79 Å². The molecule has 0 saturated heterocycles. The van der Waals surface area contributed by atoms with Gasteiger partial charge >= 0.3 is 0 Å². The highest BCUT2D eigenvalue weighted by atomic mass is 32.1. The number of ketones is 1. The van der Waals surface area contributed by atoms with Crippen LogP contribution in [0.15, 0.2) is 0 Å². The molecular weight excluding hydrogens is 186 g/mol. The van der Waals surface area contributed by atoms with Crippen molar-refractivity contribution in [3.63, 3.8) is 0 Å². The summed E-state index contributed by atoms with van der Waals surface area (Å²) in [6.07, 6.45) is 0. The molecule has 0 bridgehead atoms. The fourth-order valence-corrected chi connectivity index (χ4v) is 1.18. The van der Waals surface area contributed by atoms with E-state index < -0.39 is 5.41 Å². The minimum Gasteiger partial charge on any atom is -0.291 e. The normalized spacial score (nSPS) is 11.6. The van der Waals surface area contributed by atoms with E-state index in [0.29, 0.717) is 0 Å². The molecule has 0 spiro atoms. The molecule has 0 aliphatic rings. The van der Waals surface area contributed by atoms with Crippen molar-refractivity contribution in [1.82, 2.24) is 5.06 Å². The molecule has 13 heavy (non-hydrogen) atoms. The number of rotatable bonds is 2. The number of nitrogens with zero attached hydrogens (tertiary/aromatic N) is 1. The van der Waals surface area contributed by atoms with Gasteiger partial charge in [0.05, 0.1) is 6.04 Å². The number of hydroxylamine groups is 2. The molecule has 0 unspecified atom stereocenters. The smallest absolute Gasteiger partial charge is 0.197 e. The van der Waals surface area contributed by atoms with Gasteiger partial charge in [0, 0.05) is 5.41 Å². The third-order valence-electron chi connectivity index (χ3n) is 1.57. The average molecular weight is 203 g/mol. The van der Waals surface area contributed by atoms with Gasteiger partial charge in [-0.2, -0.15) is 0 Å². The molecule has 0 heterocycles. The molecule has 0 aromatic heterocycles. The quantitative estimate of drug-likeness (QED) is 0.550. The van der Waals surface area contributed by atoms with E-state index >= 15 is 0 Å². The van der Waals surface area contributed by atoms with Crippen LogP contribution in [0.2, 0.25) is 0 Å². The highest BCUT2D eigenvalue weighted by molar-refractivity contribution is 7.82. The second-order valence-electron chi connectivity index (χ2n) is 4.32. The Kier molecular flexibility index (Phi) is 4.00. The fourth-order valence-electron chi connectivity index (χ4n) is 0.659. The van der Waals surface area contributed by atoms with Crippen molar-refractivity contribution in [1.29, 1.82) is 0 Å².